The largest absolute Gasteiger partial charge is 0.497 e. The van der Waals surface area contributed by atoms with E-state index in [9.17, 15) is 18.0 Å². The molecule has 0 fully saturated rings. The van der Waals surface area contributed by atoms with Crippen LogP contribution in [0.2, 0.25) is 5.02 Å². The van der Waals surface area contributed by atoms with Gasteiger partial charge in [-0.05, 0) is 80.1 Å². The number of carbonyl (C=O) groups is 2. The highest BCUT2D eigenvalue weighted by molar-refractivity contribution is 7.92. The third-order valence-corrected chi connectivity index (χ3v) is 8.06. The van der Waals surface area contributed by atoms with Crippen LogP contribution in [0.25, 0.3) is 0 Å². The van der Waals surface area contributed by atoms with Crippen molar-refractivity contribution < 1.29 is 27.5 Å². The Morgan fingerprint density at radius 3 is 2.26 bits per heavy atom. The lowest BCUT2D eigenvalue weighted by Crippen LogP contribution is -2.50. The lowest BCUT2D eigenvalue weighted by Gasteiger charge is -2.32. The molecule has 1 atom stereocenters. The Morgan fingerprint density at radius 2 is 1.67 bits per heavy atom. The van der Waals surface area contributed by atoms with Crippen LogP contribution >= 0.6 is 11.6 Å². The SMILES string of the molecule is CCOc1ccc(N(CC(=O)N(Cc2cccc(OC)c2)[C@@H](C)C(=O)NC)S(=O)(=O)c2ccc(Cl)cc2)cc1. The van der Waals surface area contributed by atoms with Crippen LogP contribution in [0.1, 0.15) is 19.4 Å². The maximum atomic E-state index is 13.8. The zero-order valence-electron chi connectivity index (χ0n) is 22.3. The summed E-state index contributed by atoms with van der Waals surface area (Å²) in [6.07, 6.45) is 0. The summed E-state index contributed by atoms with van der Waals surface area (Å²) >= 11 is 5.98. The number of benzene rings is 3. The molecular formula is C28H32ClN3O6S. The summed E-state index contributed by atoms with van der Waals surface area (Å²) in [4.78, 5) is 27.7. The van der Waals surface area contributed by atoms with E-state index in [2.05, 4.69) is 5.32 Å². The second-order valence-electron chi connectivity index (χ2n) is 8.56. The molecule has 0 aliphatic heterocycles. The van der Waals surface area contributed by atoms with Gasteiger partial charge in [-0.15, -0.1) is 0 Å². The number of rotatable bonds is 12. The van der Waals surface area contributed by atoms with Crippen LogP contribution in [-0.2, 0) is 26.2 Å². The van der Waals surface area contributed by atoms with Crippen molar-refractivity contribution in [3.8, 4) is 11.5 Å². The number of carbonyl (C=O) groups excluding carboxylic acids is 2. The van der Waals surface area contributed by atoms with Crippen molar-refractivity contribution in [2.24, 2.45) is 0 Å². The topological polar surface area (TPSA) is 105 Å². The predicted octanol–water partition coefficient (Wildman–Crippen LogP) is 4.11. The van der Waals surface area contributed by atoms with Crippen molar-refractivity contribution in [3.05, 3.63) is 83.4 Å². The Hall–Kier alpha value is -3.76. The van der Waals surface area contributed by atoms with Crippen molar-refractivity contribution in [1.29, 1.82) is 0 Å². The van der Waals surface area contributed by atoms with Crippen LogP contribution in [0.5, 0.6) is 11.5 Å². The third-order valence-electron chi connectivity index (χ3n) is 6.02. The van der Waals surface area contributed by atoms with Crippen LogP contribution in [0.4, 0.5) is 5.69 Å². The quantitative estimate of drug-likeness (QED) is 0.350. The molecule has 1 N–H and O–H groups in total. The van der Waals surface area contributed by atoms with Crippen molar-refractivity contribution in [3.63, 3.8) is 0 Å². The van der Waals surface area contributed by atoms with Gasteiger partial charge in [-0.2, -0.15) is 0 Å². The monoisotopic (exact) mass is 573 g/mol. The summed E-state index contributed by atoms with van der Waals surface area (Å²) in [6, 6.07) is 18.3. The number of likely N-dealkylation sites (N-methyl/N-ethyl adjacent to an activating group) is 1. The molecule has 39 heavy (non-hydrogen) atoms. The average molecular weight is 574 g/mol. The van der Waals surface area contributed by atoms with Gasteiger partial charge in [-0.25, -0.2) is 8.42 Å². The Bertz CT molecular complexity index is 1380. The summed E-state index contributed by atoms with van der Waals surface area (Å²) in [5.74, 6) is 0.192. The first-order valence-corrected chi connectivity index (χ1v) is 14.1. The molecule has 3 aromatic rings. The first-order chi connectivity index (χ1) is 18.6. The van der Waals surface area contributed by atoms with Crippen molar-refractivity contribution in [2.45, 2.75) is 31.3 Å². The molecule has 0 bridgehead atoms. The zero-order chi connectivity index (χ0) is 28.6. The summed E-state index contributed by atoms with van der Waals surface area (Å²) in [5.41, 5.74) is 0.974. The van der Waals surface area contributed by atoms with Gasteiger partial charge < -0.3 is 19.7 Å². The number of ether oxygens (including phenoxy) is 2. The molecule has 0 heterocycles. The van der Waals surface area contributed by atoms with Gasteiger partial charge in [0.2, 0.25) is 11.8 Å². The molecule has 0 spiro atoms. The molecule has 0 unspecified atom stereocenters. The Balaban J connectivity index is 2.03. The lowest BCUT2D eigenvalue weighted by atomic mass is 10.1. The van der Waals surface area contributed by atoms with Crippen LogP contribution < -0.4 is 19.1 Å². The number of nitrogens with zero attached hydrogens (tertiary/aromatic N) is 2. The molecule has 0 aromatic heterocycles. The van der Waals surface area contributed by atoms with Gasteiger partial charge in [0, 0.05) is 18.6 Å². The minimum atomic E-state index is -4.19. The summed E-state index contributed by atoms with van der Waals surface area (Å²) in [7, 11) is -1.18. The number of halogens is 1. The van der Waals surface area contributed by atoms with Crippen molar-refractivity contribution in [2.75, 3.05) is 31.6 Å². The van der Waals surface area contributed by atoms with E-state index in [4.69, 9.17) is 21.1 Å². The van der Waals surface area contributed by atoms with E-state index in [1.807, 2.05) is 6.92 Å². The molecule has 11 heteroatoms. The van der Waals surface area contributed by atoms with Crippen LogP contribution in [0, 0.1) is 0 Å². The highest BCUT2D eigenvalue weighted by atomic mass is 35.5. The molecule has 0 radical (unpaired) electrons. The van der Waals surface area contributed by atoms with Gasteiger partial charge in [-0.3, -0.25) is 13.9 Å². The summed E-state index contributed by atoms with van der Waals surface area (Å²) < 4.78 is 39.4. The molecule has 9 nitrogen and oxygen atoms in total. The molecule has 0 saturated heterocycles. The van der Waals surface area contributed by atoms with Gasteiger partial charge in [0.1, 0.15) is 24.1 Å². The minimum Gasteiger partial charge on any atom is -0.497 e. The highest BCUT2D eigenvalue weighted by Crippen LogP contribution is 2.27. The van der Waals surface area contributed by atoms with E-state index in [0.29, 0.717) is 28.7 Å². The first kappa shape index (κ1) is 29.8. The standard InChI is InChI=1S/C28H32ClN3O6S/c1-5-38-24-13-11-23(12-14-24)32(39(35,36)26-15-9-22(29)10-16-26)19-27(33)31(20(2)28(34)30-3)18-21-7-6-8-25(17-21)37-4/h6-17,20H,5,18-19H2,1-4H3,(H,30,34)/t20-/m0/s1. The number of hydrogen-bond donors (Lipinski definition) is 1. The second-order valence-corrected chi connectivity index (χ2v) is 10.9. The van der Waals surface area contributed by atoms with Gasteiger partial charge in [0.25, 0.3) is 10.0 Å². The second kappa shape index (κ2) is 13.3. The number of hydrogen-bond acceptors (Lipinski definition) is 6. The number of amides is 2. The number of methoxy groups -OCH3 is 1. The molecular weight excluding hydrogens is 542 g/mol. The molecule has 0 aliphatic rings. The van der Waals surface area contributed by atoms with E-state index >= 15 is 0 Å². The molecule has 3 rings (SSSR count). The predicted molar refractivity (Wildman–Crippen MR) is 151 cm³/mol. The van der Waals surface area contributed by atoms with Gasteiger partial charge in [-0.1, -0.05) is 23.7 Å². The smallest absolute Gasteiger partial charge is 0.264 e. The van der Waals surface area contributed by atoms with Crippen LogP contribution in [0.15, 0.2) is 77.7 Å². The first-order valence-electron chi connectivity index (χ1n) is 12.3. The molecule has 2 amide bonds. The van der Waals surface area contributed by atoms with Crippen molar-refractivity contribution >= 4 is 39.1 Å². The molecule has 3 aromatic carbocycles. The summed E-state index contributed by atoms with van der Waals surface area (Å²) in [5, 5.41) is 2.93. The normalized spacial score (nSPS) is 11.8. The highest BCUT2D eigenvalue weighted by Gasteiger charge is 2.32. The van der Waals surface area contributed by atoms with E-state index in [0.717, 1.165) is 4.31 Å². The van der Waals surface area contributed by atoms with Gasteiger partial charge >= 0.3 is 0 Å². The van der Waals surface area contributed by atoms with Crippen LogP contribution in [0.3, 0.4) is 0 Å². The molecule has 0 aliphatic carbocycles. The van der Waals surface area contributed by atoms with Crippen LogP contribution in [-0.4, -0.2) is 58.5 Å². The third kappa shape index (κ3) is 7.42. The fraction of sp³-hybridized carbons (Fsp3) is 0.286. The van der Waals surface area contributed by atoms with E-state index in [1.165, 1.54) is 43.3 Å². The number of anilines is 1. The number of sulfonamides is 1. The maximum absolute atomic E-state index is 13.8. The zero-order valence-corrected chi connectivity index (χ0v) is 23.8. The minimum absolute atomic E-state index is 0.0349. The van der Waals surface area contributed by atoms with E-state index in [1.54, 1.807) is 55.5 Å². The number of nitrogens with one attached hydrogen (secondary N) is 1. The van der Waals surface area contributed by atoms with E-state index in [-0.39, 0.29) is 23.0 Å². The average Bonchev–Trinajstić information content (AvgIpc) is 2.94. The molecule has 208 valence electrons. The fourth-order valence-electron chi connectivity index (χ4n) is 3.90. The molecule has 0 saturated carbocycles. The Morgan fingerprint density at radius 1 is 1.00 bits per heavy atom. The summed E-state index contributed by atoms with van der Waals surface area (Å²) in [6.45, 7) is 3.38. The van der Waals surface area contributed by atoms with Gasteiger partial charge in [0.15, 0.2) is 0 Å². The van der Waals surface area contributed by atoms with Gasteiger partial charge in [0.05, 0.1) is 24.3 Å². The Kier molecular flexibility index (Phi) is 10.2. The Labute approximate surface area is 234 Å². The fourth-order valence-corrected chi connectivity index (χ4v) is 5.44. The van der Waals surface area contributed by atoms with E-state index < -0.39 is 28.5 Å². The maximum Gasteiger partial charge on any atom is 0.264 e. The lowest BCUT2D eigenvalue weighted by molar-refractivity contribution is -0.139. The van der Waals surface area contributed by atoms with Crippen molar-refractivity contribution in [1.82, 2.24) is 10.2 Å².